The molecule has 0 saturated heterocycles. The molecule has 4 rings (SSSR count). The Bertz CT molecular complexity index is 898. The van der Waals surface area contributed by atoms with Crippen LogP contribution in [0.4, 0.5) is 0 Å². The molecule has 116 valence electrons. The third-order valence-electron chi connectivity index (χ3n) is 4.09. The van der Waals surface area contributed by atoms with Gasteiger partial charge in [-0.25, -0.2) is 0 Å². The lowest BCUT2D eigenvalue weighted by Crippen LogP contribution is -2.23. The van der Waals surface area contributed by atoms with E-state index in [0.29, 0.717) is 23.6 Å². The van der Waals surface area contributed by atoms with Crippen LogP contribution in [0, 0.1) is 6.92 Å². The minimum atomic E-state index is -0.131. The lowest BCUT2D eigenvalue weighted by atomic mass is 10.1. The second kappa shape index (κ2) is 5.35. The van der Waals surface area contributed by atoms with Gasteiger partial charge in [-0.15, -0.1) is 0 Å². The second-order valence-electron chi connectivity index (χ2n) is 5.52. The van der Waals surface area contributed by atoms with Crippen molar-refractivity contribution in [2.45, 2.75) is 13.5 Å². The molecule has 5 nitrogen and oxygen atoms in total. The lowest BCUT2D eigenvalue weighted by molar-refractivity contribution is 0.0950. The van der Waals surface area contributed by atoms with Crippen LogP contribution < -0.4 is 14.8 Å². The number of carbonyl (C=O) groups excluding carboxylic acids is 1. The molecule has 2 N–H and O–H groups in total. The number of hydrogen-bond donors (Lipinski definition) is 2. The molecule has 0 radical (unpaired) electrons. The summed E-state index contributed by atoms with van der Waals surface area (Å²) in [6.07, 6.45) is 0. The van der Waals surface area contributed by atoms with Gasteiger partial charge in [-0.3, -0.25) is 4.79 Å². The number of aromatic nitrogens is 1. The molecule has 1 aliphatic heterocycles. The first-order valence-corrected chi connectivity index (χ1v) is 7.46. The Balaban J connectivity index is 1.54. The number of H-pyrrole nitrogens is 1. The molecular formula is C18H16N2O3. The molecule has 0 spiro atoms. The molecule has 0 saturated carbocycles. The fourth-order valence-electron chi connectivity index (χ4n) is 2.87. The summed E-state index contributed by atoms with van der Waals surface area (Å²) in [6, 6.07) is 13.3. The van der Waals surface area contributed by atoms with Gasteiger partial charge in [-0.05, 0) is 36.8 Å². The van der Waals surface area contributed by atoms with E-state index in [1.54, 1.807) is 18.2 Å². The van der Waals surface area contributed by atoms with Gasteiger partial charge in [0.05, 0.1) is 0 Å². The molecule has 0 atom stereocenters. The van der Waals surface area contributed by atoms with Gasteiger partial charge >= 0.3 is 0 Å². The van der Waals surface area contributed by atoms with E-state index in [0.717, 1.165) is 22.2 Å². The van der Waals surface area contributed by atoms with Crippen LogP contribution in [-0.4, -0.2) is 17.7 Å². The lowest BCUT2D eigenvalue weighted by Gasteiger charge is -2.06. The number of fused-ring (bicyclic) bond motifs is 2. The molecule has 1 amide bonds. The van der Waals surface area contributed by atoms with E-state index < -0.39 is 0 Å². The van der Waals surface area contributed by atoms with Crippen molar-refractivity contribution in [2.24, 2.45) is 0 Å². The van der Waals surface area contributed by atoms with Crippen LogP contribution in [-0.2, 0) is 6.54 Å². The Hall–Kier alpha value is -2.95. The quantitative estimate of drug-likeness (QED) is 0.781. The van der Waals surface area contributed by atoms with Gasteiger partial charge in [0.25, 0.3) is 5.91 Å². The summed E-state index contributed by atoms with van der Waals surface area (Å²) < 4.78 is 10.6. The normalized spacial score (nSPS) is 12.6. The van der Waals surface area contributed by atoms with Gasteiger partial charge in [0.1, 0.15) is 0 Å². The predicted octanol–water partition coefficient (Wildman–Crippen LogP) is 3.14. The van der Waals surface area contributed by atoms with Crippen LogP contribution in [0.25, 0.3) is 10.9 Å². The molecular weight excluding hydrogens is 292 g/mol. The summed E-state index contributed by atoms with van der Waals surface area (Å²) in [5, 5.41) is 4.11. The van der Waals surface area contributed by atoms with E-state index in [2.05, 4.69) is 16.4 Å². The number of aryl methyl sites for hydroxylation is 1. The van der Waals surface area contributed by atoms with Crippen LogP contribution in [0.5, 0.6) is 11.5 Å². The number of carbonyl (C=O) groups is 1. The largest absolute Gasteiger partial charge is 0.454 e. The van der Waals surface area contributed by atoms with E-state index >= 15 is 0 Å². The predicted molar refractivity (Wildman–Crippen MR) is 86.8 cm³/mol. The summed E-state index contributed by atoms with van der Waals surface area (Å²) in [4.78, 5) is 15.7. The molecule has 23 heavy (non-hydrogen) atoms. The summed E-state index contributed by atoms with van der Waals surface area (Å²) in [5.41, 5.74) is 3.82. The Morgan fingerprint density at radius 2 is 2.00 bits per heavy atom. The van der Waals surface area contributed by atoms with E-state index in [1.165, 1.54) is 0 Å². The van der Waals surface area contributed by atoms with Gasteiger partial charge in [0.2, 0.25) is 6.79 Å². The van der Waals surface area contributed by atoms with Crippen molar-refractivity contribution in [3.8, 4) is 11.5 Å². The van der Waals surface area contributed by atoms with Crippen molar-refractivity contribution in [3.05, 3.63) is 59.3 Å². The van der Waals surface area contributed by atoms with Crippen molar-refractivity contribution in [1.29, 1.82) is 0 Å². The summed E-state index contributed by atoms with van der Waals surface area (Å²) in [6.45, 7) is 2.69. The number of benzene rings is 2. The number of aromatic amines is 1. The number of para-hydroxylation sites is 1. The Labute approximate surface area is 133 Å². The monoisotopic (exact) mass is 308 g/mol. The van der Waals surface area contributed by atoms with Crippen LogP contribution in [0.2, 0.25) is 0 Å². The summed E-state index contributed by atoms with van der Waals surface area (Å²) in [7, 11) is 0. The Morgan fingerprint density at radius 3 is 2.91 bits per heavy atom. The highest BCUT2D eigenvalue weighted by Gasteiger charge is 2.16. The number of ether oxygens (including phenoxy) is 2. The van der Waals surface area contributed by atoms with Crippen molar-refractivity contribution >= 4 is 16.8 Å². The van der Waals surface area contributed by atoms with Gasteiger partial charge in [0.15, 0.2) is 11.5 Å². The Morgan fingerprint density at radius 1 is 1.17 bits per heavy atom. The highest BCUT2D eigenvalue weighted by molar-refractivity contribution is 5.95. The van der Waals surface area contributed by atoms with Crippen molar-refractivity contribution < 1.29 is 14.3 Å². The molecule has 2 heterocycles. The molecule has 0 fully saturated rings. The highest BCUT2D eigenvalue weighted by atomic mass is 16.7. The van der Waals surface area contributed by atoms with E-state index in [4.69, 9.17) is 9.47 Å². The number of amides is 1. The molecule has 5 heteroatoms. The van der Waals surface area contributed by atoms with Crippen molar-refractivity contribution in [1.82, 2.24) is 10.3 Å². The molecule has 0 bridgehead atoms. The minimum Gasteiger partial charge on any atom is -0.454 e. The van der Waals surface area contributed by atoms with Gasteiger partial charge in [0, 0.05) is 28.7 Å². The maximum atomic E-state index is 12.4. The molecule has 1 aromatic heterocycles. The summed E-state index contributed by atoms with van der Waals surface area (Å²) in [5.74, 6) is 1.16. The summed E-state index contributed by atoms with van der Waals surface area (Å²) >= 11 is 0. The highest BCUT2D eigenvalue weighted by Crippen LogP contribution is 2.32. The van der Waals surface area contributed by atoms with Crippen LogP contribution in [0.3, 0.4) is 0 Å². The molecule has 3 aromatic rings. The number of hydrogen-bond acceptors (Lipinski definition) is 3. The first kappa shape index (κ1) is 13.7. The molecule has 0 aliphatic carbocycles. The topological polar surface area (TPSA) is 63.4 Å². The fourth-order valence-corrected chi connectivity index (χ4v) is 2.87. The third kappa shape index (κ3) is 2.40. The third-order valence-corrected chi connectivity index (χ3v) is 4.09. The van der Waals surface area contributed by atoms with Crippen molar-refractivity contribution in [2.75, 3.05) is 6.79 Å². The number of nitrogens with one attached hydrogen (secondary N) is 2. The van der Waals surface area contributed by atoms with Crippen molar-refractivity contribution in [3.63, 3.8) is 0 Å². The Kier molecular flexibility index (Phi) is 3.19. The first-order chi connectivity index (χ1) is 11.2. The average molecular weight is 308 g/mol. The second-order valence-corrected chi connectivity index (χ2v) is 5.52. The standard InChI is InChI=1S/C18H16N2O3/c1-11-14(13-4-2-3-5-15(13)20-11)9-19-18(21)12-6-7-16-17(8-12)23-10-22-16/h2-8,20H,9-10H2,1H3,(H,19,21). The van der Waals surface area contributed by atoms with Crippen LogP contribution in [0.1, 0.15) is 21.6 Å². The zero-order valence-electron chi connectivity index (χ0n) is 12.7. The van der Waals surface area contributed by atoms with E-state index in [1.807, 2.05) is 25.1 Å². The molecule has 2 aromatic carbocycles. The van der Waals surface area contributed by atoms with Crippen LogP contribution in [0.15, 0.2) is 42.5 Å². The average Bonchev–Trinajstić information content (AvgIpc) is 3.15. The van der Waals surface area contributed by atoms with Crippen LogP contribution >= 0.6 is 0 Å². The van der Waals surface area contributed by atoms with Gasteiger partial charge in [-0.2, -0.15) is 0 Å². The zero-order chi connectivity index (χ0) is 15.8. The van der Waals surface area contributed by atoms with Gasteiger partial charge in [-0.1, -0.05) is 18.2 Å². The van der Waals surface area contributed by atoms with Gasteiger partial charge < -0.3 is 19.8 Å². The first-order valence-electron chi connectivity index (χ1n) is 7.46. The molecule has 0 unspecified atom stereocenters. The SMILES string of the molecule is Cc1[nH]c2ccccc2c1CNC(=O)c1ccc2c(c1)OCO2. The zero-order valence-corrected chi connectivity index (χ0v) is 12.7. The maximum absolute atomic E-state index is 12.4. The fraction of sp³-hybridized carbons (Fsp3) is 0.167. The van der Waals surface area contributed by atoms with E-state index in [9.17, 15) is 4.79 Å². The number of rotatable bonds is 3. The smallest absolute Gasteiger partial charge is 0.251 e. The van der Waals surface area contributed by atoms with E-state index in [-0.39, 0.29) is 12.7 Å². The minimum absolute atomic E-state index is 0.131. The maximum Gasteiger partial charge on any atom is 0.251 e. The molecule has 1 aliphatic rings.